The number of hydrogen-bond donors (Lipinski definition) is 1. The molecule has 5 heteroatoms. The number of rotatable bonds is 7. The van der Waals surface area contributed by atoms with Crippen molar-refractivity contribution in [2.75, 3.05) is 0 Å². The number of Topliss-reactive ketones (excluding diaryl/α,β-unsaturated/α-hetero) is 1. The highest BCUT2D eigenvalue weighted by Crippen LogP contribution is 2.11. The highest BCUT2D eigenvalue weighted by molar-refractivity contribution is 6.33. The fourth-order valence-electron chi connectivity index (χ4n) is 1.18. The molecule has 0 aliphatic heterocycles. The molecule has 2 unspecified atom stereocenters. The molecule has 0 aliphatic rings. The molecule has 2 atom stereocenters. The van der Waals surface area contributed by atoms with Crippen molar-refractivity contribution in [1.29, 1.82) is 0 Å². The minimum Gasteiger partial charge on any atom is -0.475 e. The molecule has 0 rings (SSSR count). The van der Waals surface area contributed by atoms with Crippen LogP contribution in [0.2, 0.25) is 0 Å². The number of carboxylic acids is 1. The first-order chi connectivity index (χ1) is 7.75. The zero-order chi connectivity index (χ0) is 13.6. The topological polar surface area (TPSA) is 80.7 Å². The Morgan fingerprint density at radius 2 is 1.65 bits per heavy atom. The van der Waals surface area contributed by atoms with Gasteiger partial charge in [-0.2, -0.15) is 0 Å². The Hall–Kier alpha value is -1.39. The van der Waals surface area contributed by atoms with Crippen LogP contribution < -0.4 is 0 Å². The van der Waals surface area contributed by atoms with Gasteiger partial charge in [-0.15, -0.1) is 0 Å². The van der Waals surface area contributed by atoms with Crippen LogP contribution in [0, 0.1) is 11.8 Å². The van der Waals surface area contributed by atoms with Crippen molar-refractivity contribution in [1.82, 2.24) is 0 Å². The van der Waals surface area contributed by atoms with Gasteiger partial charge in [0.2, 0.25) is 5.78 Å². The lowest BCUT2D eigenvalue weighted by Gasteiger charge is -2.18. The van der Waals surface area contributed by atoms with E-state index in [-0.39, 0.29) is 6.42 Å². The summed E-state index contributed by atoms with van der Waals surface area (Å²) in [6.45, 7) is 6.95. The van der Waals surface area contributed by atoms with Crippen molar-refractivity contribution in [2.45, 2.75) is 46.6 Å². The molecule has 0 amide bonds. The number of aliphatic carboxylic acids is 1. The molecule has 0 aromatic heterocycles. The third-order valence-electron chi connectivity index (χ3n) is 2.57. The quantitative estimate of drug-likeness (QED) is 0.544. The average Bonchev–Trinajstić information content (AvgIpc) is 2.23. The Balaban J connectivity index is 4.16. The van der Waals surface area contributed by atoms with Crippen LogP contribution in [-0.4, -0.2) is 28.9 Å². The summed E-state index contributed by atoms with van der Waals surface area (Å²) in [6.07, 6.45) is 0.293. The van der Waals surface area contributed by atoms with Crippen molar-refractivity contribution >= 4 is 17.7 Å². The molecule has 98 valence electrons. The fourth-order valence-corrected chi connectivity index (χ4v) is 1.18. The van der Waals surface area contributed by atoms with Gasteiger partial charge in [0.1, 0.15) is 6.10 Å². The second-order valence-corrected chi connectivity index (χ2v) is 4.59. The number of ketones is 1. The lowest BCUT2D eigenvalue weighted by atomic mass is 10.0. The molecule has 0 aromatic carbocycles. The summed E-state index contributed by atoms with van der Waals surface area (Å²) in [6, 6.07) is 0. The van der Waals surface area contributed by atoms with E-state index in [1.54, 1.807) is 0 Å². The van der Waals surface area contributed by atoms with Crippen LogP contribution in [0.1, 0.15) is 40.5 Å². The van der Waals surface area contributed by atoms with E-state index in [0.29, 0.717) is 12.3 Å². The number of carbonyl (C=O) groups is 3. The summed E-state index contributed by atoms with van der Waals surface area (Å²) in [7, 11) is 0. The highest BCUT2D eigenvalue weighted by atomic mass is 16.5. The first-order valence-electron chi connectivity index (χ1n) is 5.72. The maximum Gasteiger partial charge on any atom is 0.372 e. The molecule has 0 bridgehead atoms. The number of ether oxygens (including phenoxy) is 1. The fraction of sp³-hybridized carbons (Fsp3) is 0.750. The van der Waals surface area contributed by atoms with E-state index >= 15 is 0 Å². The third-order valence-corrected chi connectivity index (χ3v) is 2.57. The Labute approximate surface area is 101 Å². The van der Waals surface area contributed by atoms with Crippen molar-refractivity contribution < 1.29 is 24.2 Å². The Morgan fingerprint density at radius 3 is 2.06 bits per heavy atom. The van der Waals surface area contributed by atoms with E-state index < -0.39 is 29.7 Å². The average molecular weight is 244 g/mol. The van der Waals surface area contributed by atoms with E-state index in [9.17, 15) is 14.4 Å². The summed E-state index contributed by atoms with van der Waals surface area (Å²) in [4.78, 5) is 33.0. The molecule has 17 heavy (non-hydrogen) atoms. The smallest absolute Gasteiger partial charge is 0.372 e. The van der Waals surface area contributed by atoms with Crippen LogP contribution in [0.3, 0.4) is 0 Å². The van der Waals surface area contributed by atoms with Gasteiger partial charge in [0, 0.05) is 6.42 Å². The first-order valence-corrected chi connectivity index (χ1v) is 5.72. The lowest BCUT2D eigenvalue weighted by molar-refractivity contribution is -0.158. The molecule has 0 saturated heterocycles. The van der Waals surface area contributed by atoms with Gasteiger partial charge >= 0.3 is 11.9 Å². The summed E-state index contributed by atoms with van der Waals surface area (Å²) in [5, 5.41) is 8.52. The molecular formula is C12H20O5. The standard InChI is InChI=1S/C12H20O5/c1-7(2)5-6-10(13)17-9(4)8(3)11(14)12(15)16/h7-9H,5-6H2,1-4H3,(H,15,16). The van der Waals surface area contributed by atoms with E-state index in [1.165, 1.54) is 13.8 Å². The predicted molar refractivity (Wildman–Crippen MR) is 61.4 cm³/mol. The second-order valence-electron chi connectivity index (χ2n) is 4.59. The number of carbonyl (C=O) groups excluding carboxylic acids is 2. The van der Waals surface area contributed by atoms with E-state index in [1.807, 2.05) is 13.8 Å². The van der Waals surface area contributed by atoms with Gasteiger partial charge in [-0.25, -0.2) is 4.79 Å². The maximum absolute atomic E-state index is 11.4. The van der Waals surface area contributed by atoms with Gasteiger partial charge in [-0.3, -0.25) is 9.59 Å². The Bertz CT molecular complexity index is 295. The van der Waals surface area contributed by atoms with E-state index in [0.717, 1.165) is 0 Å². The third kappa shape index (κ3) is 6.04. The molecule has 0 aliphatic carbocycles. The minimum atomic E-state index is -1.50. The lowest BCUT2D eigenvalue weighted by Crippen LogP contribution is -2.32. The first kappa shape index (κ1) is 15.6. The number of hydrogen-bond acceptors (Lipinski definition) is 4. The molecule has 1 N–H and O–H groups in total. The molecular weight excluding hydrogens is 224 g/mol. The second kappa shape index (κ2) is 7.04. The molecule has 0 spiro atoms. The molecule has 0 heterocycles. The summed E-state index contributed by atoms with van der Waals surface area (Å²) >= 11 is 0. The van der Waals surface area contributed by atoms with Crippen LogP contribution >= 0.6 is 0 Å². The van der Waals surface area contributed by atoms with Gasteiger partial charge in [0.25, 0.3) is 0 Å². The molecule has 0 fully saturated rings. The summed E-state index contributed by atoms with van der Waals surface area (Å²) in [5.41, 5.74) is 0. The van der Waals surface area contributed by atoms with Crippen LogP contribution in [0.25, 0.3) is 0 Å². The zero-order valence-corrected chi connectivity index (χ0v) is 10.7. The molecule has 5 nitrogen and oxygen atoms in total. The normalized spacial score (nSPS) is 14.2. The monoisotopic (exact) mass is 244 g/mol. The summed E-state index contributed by atoms with van der Waals surface area (Å²) < 4.78 is 5.01. The van der Waals surface area contributed by atoms with Gasteiger partial charge < -0.3 is 9.84 Å². The minimum absolute atomic E-state index is 0.288. The van der Waals surface area contributed by atoms with Gasteiger partial charge in [0.05, 0.1) is 5.92 Å². The zero-order valence-electron chi connectivity index (χ0n) is 10.7. The van der Waals surface area contributed by atoms with Crippen LogP contribution in [0.4, 0.5) is 0 Å². The van der Waals surface area contributed by atoms with E-state index in [4.69, 9.17) is 9.84 Å². The van der Waals surface area contributed by atoms with Crippen molar-refractivity contribution in [2.24, 2.45) is 11.8 Å². The Morgan fingerprint density at radius 1 is 1.12 bits per heavy atom. The van der Waals surface area contributed by atoms with Crippen molar-refractivity contribution in [3.63, 3.8) is 0 Å². The van der Waals surface area contributed by atoms with Gasteiger partial charge in [-0.05, 0) is 19.3 Å². The predicted octanol–water partition coefficient (Wildman–Crippen LogP) is 1.64. The van der Waals surface area contributed by atoms with Crippen LogP contribution in [-0.2, 0) is 19.1 Å². The molecule has 0 radical (unpaired) electrons. The summed E-state index contributed by atoms with van der Waals surface area (Å²) in [5.74, 6) is -3.25. The highest BCUT2D eigenvalue weighted by Gasteiger charge is 2.28. The van der Waals surface area contributed by atoms with Gasteiger partial charge in [0.15, 0.2) is 0 Å². The maximum atomic E-state index is 11.4. The van der Waals surface area contributed by atoms with Gasteiger partial charge in [-0.1, -0.05) is 20.8 Å². The Kier molecular flexibility index (Phi) is 6.46. The molecule has 0 saturated carbocycles. The largest absolute Gasteiger partial charge is 0.475 e. The van der Waals surface area contributed by atoms with Crippen LogP contribution in [0.5, 0.6) is 0 Å². The van der Waals surface area contributed by atoms with Crippen molar-refractivity contribution in [3.05, 3.63) is 0 Å². The molecule has 0 aromatic rings. The SMILES string of the molecule is CC(C)CCC(=O)OC(C)C(C)C(=O)C(=O)O. The van der Waals surface area contributed by atoms with Crippen LogP contribution in [0.15, 0.2) is 0 Å². The van der Waals surface area contributed by atoms with Crippen molar-refractivity contribution in [3.8, 4) is 0 Å². The van der Waals surface area contributed by atoms with E-state index in [2.05, 4.69) is 0 Å². The number of esters is 1. The number of carboxylic acid groups (broad SMARTS) is 1.